The number of hydrogen-bond donors (Lipinski definition) is 2. The fraction of sp³-hybridized carbons (Fsp3) is 0.778. The zero-order valence-electron chi connectivity index (χ0n) is 8.12. The molecular weight excluding hydrogens is 170 g/mol. The predicted octanol–water partition coefficient (Wildman–Crippen LogP) is 0.664. The molecule has 0 heterocycles. The molecule has 0 aliphatic rings. The maximum atomic E-state index is 10.7. The van der Waals surface area contributed by atoms with Crippen molar-refractivity contribution in [3.05, 3.63) is 0 Å². The summed E-state index contributed by atoms with van der Waals surface area (Å²) in [5.41, 5.74) is 0. The number of rotatable bonds is 7. The van der Waals surface area contributed by atoms with Gasteiger partial charge in [0.25, 0.3) is 0 Å². The van der Waals surface area contributed by atoms with Crippen molar-refractivity contribution in [3.63, 3.8) is 0 Å². The summed E-state index contributed by atoms with van der Waals surface area (Å²) in [4.78, 5) is 20.6. The van der Waals surface area contributed by atoms with Gasteiger partial charge in [0.05, 0.1) is 0 Å². The molecule has 0 rings (SSSR count). The van der Waals surface area contributed by atoms with Crippen molar-refractivity contribution in [2.45, 2.75) is 32.7 Å². The van der Waals surface area contributed by atoms with Crippen molar-refractivity contribution in [3.8, 4) is 0 Å². The Balaban J connectivity index is 3.70. The number of nitrogens with one attached hydrogen (secondary N) is 1. The second kappa shape index (κ2) is 6.60. The third-order valence-electron chi connectivity index (χ3n) is 1.80. The Bertz CT molecular complexity index is 168. The van der Waals surface area contributed by atoms with E-state index in [9.17, 15) is 9.59 Å². The number of carboxylic acid groups (broad SMARTS) is 1. The topological polar surface area (TPSA) is 66.4 Å². The van der Waals surface area contributed by atoms with Crippen molar-refractivity contribution in [1.82, 2.24) is 5.32 Å². The van der Waals surface area contributed by atoms with Gasteiger partial charge in [-0.2, -0.15) is 0 Å². The van der Waals surface area contributed by atoms with E-state index in [1.165, 1.54) is 0 Å². The SMILES string of the molecule is CC(C)[C@H](NCCCC=O)C(=O)O. The normalized spacial score (nSPS) is 12.8. The molecule has 0 aromatic rings. The van der Waals surface area contributed by atoms with Crippen LogP contribution < -0.4 is 5.32 Å². The molecule has 0 aliphatic heterocycles. The first-order valence-electron chi connectivity index (χ1n) is 4.49. The zero-order valence-corrected chi connectivity index (χ0v) is 8.12. The third kappa shape index (κ3) is 5.36. The van der Waals surface area contributed by atoms with Crippen LogP contribution >= 0.6 is 0 Å². The molecule has 4 heteroatoms. The maximum Gasteiger partial charge on any atom is 0.320 e. The number of hydrogen-bond acceptors (Lipinski definition) is 3. The highest BCUT2D eigenvalue weighted by atomic mass is 16.4. The molecule has 0 saturated heterocycles. The zero-order chi connectivity index (χ0) is 10.3. The number of carboxylic acids is 1. The highest BCUT2D eigenvalue weighted by Gasteiger charge is 2.19. The highest BCUT2D eigenvalue weighted by molar-refractivity contribution is 5.73. The molecule has 4 nitrogen and oxygen atoms in total. The van der Waals surface area contributed by atoms with E-state index in [1.807, 2.05) is 13.8 Å². The monoisotopic (exact) mass is 187 g/mol. The molecule has 1 atom stereocenters. The summed E-state index contributed by atoms with van der Waals surface area (Å²) in [6, 6.07) is -0.508. The molecule has 2 N–H and O–H groups in total. The molecule has 76 valence electrons. The van der Waals surface area contributed by atoms with Gasteiger partial charge in [-0.05, 0) is 18.9 Å². The minimum Gasteiger partial charge on any atom is -0.480 e. The molecule has 0 bridgehead atoms. The van der Waals surface area contributed by atoms with E-state index in [2.05, 4.69) is 5.32 Å². The minimum absolute atomic E-state index is 0.0636. The van der Waals surface area contributed by atoms with E-state index in [0.29, 0.717) is 19.4 Å². The smallest absolute Gasteiger partial charge is 0.320 e. The van der Waals surface area contributed by atoms with Crippen LogP contribution in [0.25, 0.3) is 0 Å². The van der Waals surface area contributed by atoms with Gasteiger partial charge >= 0.3 is 5.97 Å². The lowest BCUT2D eigenvalue weighted by Crippen LogP contribution is -2.41. The molecule has 0 aromatic heterocycles. The van der Waals surface area contributed by atoms with Gasteiger partial charge in [-0.15, -0.1) is 0 Å². The summed E-state index contributed by atoms with van der Waals surface area (Å²) in [7, 11) is 0. The molecule has 0 aromatic carbocycles. The minimum atomic E-state index is -0.832. The van der Waals surface area contributed by atoms with Gasteiger partial charge in [0.15, 0.2) is 0 Å². The maximum absolute atomic E-state index is 10.7. The lowest BCUT2D eigenvalue weighted by atomic mass is 10.0. The van der Waals surface area contributed by atoms with Gasteiger partial charge in [0, 0.05) is 6.42 Å². The van der Waals surface area contributed by atoms with Crippen molar-refractivity contribution in [2.75, 3.05) is 6.54 Å². The Morgan fingerprint density at radius 3 is 2.54 bits per heavy atom. The first-order valence-corrected chi connectivity index (χ1v) is 4.49. The van der Waals surface area contributed by atoms with Crippen LogP contribution in [0.5, 0.6) is 0 Å². The lowest BCUT2D eigenvalue weighted by molar-refractivity contribution is -0.140. The van der Waals surface area contributed by atoms with Crippen LogP contribution in [-0.2, 0) is 9.59 Å². The standard InChI is InChI=1S/C9H17NO3/c1-7(2)8(9(12)13)10-5-3-4-6-11/h6-8,10H,3-5H2,1-2H3,(H,12,13)/t8-/m0/s1. The van der Waals surface area contributed by atoms with Crippen LogP contribution in [-0.4, -0.2) is 29.9 Å². The first-order chi connectivity index (χ1) is 6.09. The van der Waals surface area contributed by atoms with Crippen LogP contribution in [0.15, 0.2) is 0 Å². The molecule has 13 heavy (non-hydrogen) atoms. The van der Waals surface area contributed by atoms with Crippen LogP contribution in [0.2, 0.25) is 0 Å². The quantitative estimate of drug-likeness (QED) is 0.454. The van der Waals surface area contributed by atoms with E-state index in [1.54, 1.807) is 0 Å². The Morgan fingerprint density at radius 1 is 1.54 bits per heavy atom. The largest absolute Gasteiger partial charge is 0.480 e. The molecule has 0 amide bonds. The fourth-order valence-electron chi connectivity index (χ4n) is 1.05. The number of carbonyl (C=O) groups excluding carboxylic acids is 1. The predicted molar refractivity (Wildman–Crippen MR) is 49.6 cm³/mol. The Morgan fingerprint density at radius 2 is 2.15 bits per heavy atom. The molecule has 0 fully saturated rings. The van der Waals surface area contributed by atoms with Crippen molar-refractivity contribution < 1.29 is 14.7 Å². The van der Waals surface area contributed by atoms with Gasteiger partial charge in [0.2, 0.25) is 0 Å². The van der Waals surface area contributed by atoms with Crippen LogP contribution in [0.3, 0.4) is 0 Å². The average Bonchev–Trinajstić information content (AvgIpc) is 2.02. The first kappa shape index (κ1) is 12.1. The summed E-state index contributed by atoms with van der Waals surface area (Å²) < 4.78 is 0. The number of unbranched alkanes of at least 4 members (excludes halogenated alkanes) is 1. The van der Waals surface area contributed by atoms with Gasteiger partial charge in [-0.25, -0.2) is 0 Å². The summed E-state index contributed by atoms with van der Waals surface area (Å²) in [5, 5.41) is 11.7. The van der Waals surface area contributed by atoms with Crippen LogP contribution in [0.4, 0.5) is 0 Å². The van der Waals surface area contributed by atoms with Crippen molar-refractivity contribution >= 4 is 12.3 Å². The van der Waals surface area contributed by atoms with E-state index in [-0.39, 0.29) is 5.92 Å². The second-order valence-electron chi connectivity index (χ2n) is 3.32. The Labute approximate surface area is 78.3 Å². The average molecular weight is 187 g/mol. The fourth-order valence-corrected chi connectivity index (χ4v) is 1.05. The molecule has 0 unspecified atom stereocenters. The number of aldehydes is 1. The van der Waals surface area contributed by atoms with E-state index in [4.69, 9.17) is 5.11 Å². The molecule has 0 spiro atoms. The van der Waals surface area contributed by atoms with Gasteiger partial charge in [0.1, 0.15) is 12.3 Å². The summed E-state index contributed by atoms with van der Waals surface area (Å²) >= 11 is 0. The van der Waals surface area contributed by atoms with E-state index in [0.717, 1.165) is 6.29 Å². The highest BCUT2D eigenvalue weighted by Crippen LogP contribution is 2.01. The van der Waals surface area contributed by atoms with E-state index < -0.39 is 12.0 Å². The van der Waals surface area contributed by atoms with Gasteiger partial charge in [-0.3, -0.25) is 4.79 Å². The summed E-state index contributed by atoms with van der Waals surface area (Å²) in [6.45, 7) is 4.28. The molecular formula is C9H17NO3. The van der Waals surface area contributed by atoms with Gasteiger partial charge in [-0.1, -0.05) is 13.8 Å². The van der Waals surface area contributed by atoms with Gasteiger partial charge < -0.3 is 15.2 Å². The van der Waals surface area contributed by atoms with Crippen LogP contribution in [0, 0.1) is 5.92 Å². The molecule has 0 radical (unpaired) electrons. The van der Waals surface area contributed by atoms with Crippen LogP contribution in [0.1, 0.15) is 26.7 Å². The molecule has 0 aliphatic carbocycles. The Hall–Kier alpha value is -0.900. The third-order valence-corrected chi connectivity index (χ3v) is 1.80. The van der Waals surface area contributed by atoms with E-state index >= 15 is 0 Å². The number of carbonyl (C=O) groups is 2. The summed E-state index contributed by atoms with van der Waals surface area (Å²) in [6.07, 6.45) is 2.02. The summed E-state index contributed by atoms with van der Waals surface area (Å²) in [5.74, 6) is -0.769. The molecule has 0 saturated carbocycles. The lowest BCUT2D eigenvalue weighted by Gasteiger charge is -2.17. The van der Waals surface area contributed by atoms with Crippen molar-refractivity contribution in [1.29, 1.82) is 0 Å². The Kier molecular flexibility index (Phi) is 6.14. The second-order valence-corrected chi connectivity index (χ2v) is 3.32. The number of aliphatic carboxylic acids is 1. The van der Waals surface area contributed by atoms with Crippen molar-refractivity contribution in [2.24, 2.45) is 5.92 Å².